The second-order valence-electron chi connectivity index (χ2n) is 3.88. The molecule has 2 nitrogen and oxygen atoms in total. The van der Waals surface area contributed by atoms with Crippen molar-refractivity contribution in [3.63, 3.8) is 0 Å². The first-order chi connectivity index (χ1) is 7.95. The minimum absolute atomic E-state index is 0.101. The minimum atomic E-state index is -4.31. The van der Waals surface area contributed by atoms with Crippen LogP contribution in [0.25, 0.3) is 0 Å². The summed E-state index contributed by atoms with van der Waals surface area (Å²) in [5.74, 6) is 0. The second kappa shape index (κ2) is 5.91. The fourth-order valence-corrected chi connectivity index (χ4v) is 1.51. The van der Waals surface area contributed by atoms with E-state index in [-0.39, 0.29) is 12.2 Å². The summed E-state index contributed by atoms with van der Waals surface area (Å²) < 4.78 is 37.8. The highest BCUT2D eigenvalue weighted by Crippen LogP contribution is 2.33. The van der Waals surface area contributed by atoms with Gasteiger partial charge in [-0.05, 0) is 37.5 Å². The van der Waals surface area contributed by atoms with E-state index in [0.717, 1.165) is 12.5 Å². The van der Waals surface area contributed by atoms with Crippen LogP contribution in [0.5, 0.6) is 0 Å². The van der Waals surface area contributed by atoms with Crippen molar-refractivity contribution < 1.29 is 18.3 Å². The molecule has 0 spiro atoms. The Bertz CT molecular complexity index is 363. The van der Waals surface area contributed by atoms with E-state index in [4.69, 9.17) is 5.11 Å². The van der Waals surface area contributed by atoms with Gasteiger partial charge >= 0.3 is 6.18 Å². The molecule has 1 aromatic rings. The molecule has 2 N–H and O–H groups in total. The molecule has 1 aromatic carbocycles. The molecule has 0 amide bonds. The Balaban J connectivity index is 2.69. The van der Waals surface area contributed by atoms with Gasteiger partial charge in [-0.2, -0.15) is 13.2 Å². The van der Waals surface area contributed by atoms with Crippen LogP contribution in [0.15, 0.2) is 18.2 Å². The maximum absolute atomic E-state index is 12.6. The van der Waals surface area contributed by atoms with Crippen LogP contribution in [0, 0.1) is 6.92 Å². The number of alkyl halides is 3. The van der Waals surface area contributed by atoms with Crippen LogP contribution >= 0.6 is 0 Å². The van der Waals surface area contributed by atoms with E-state index in [9.17, 15) is 13.2 Å². The zero-order chi connectivity index (χ0) is 12.9. The molecule has 0 heterocycles. The van der Waals surface area contributed by atoms with Crippen molar-refractivity contribution in [2.24, 2.45) is 0 Å². The summed E-state index contributed by atoms with van der Waals surface area (Å²) in [6.45, 7) is 2.10. The van der Waals surface area contributed by atoms with Gasteiger partial charge in [-0.1, -0.05) is 6.07 Å². The lowest BCUT2D eigenvalue weighted by Gasteiger charge is -2.13. The van der Waals surface area contributed by atoms with Crippen molar-refractivity contribution in [2.45, 2.75) is 25.9 Å². The highest BCUT2D eigenvalue weighted by atomic mass is 19.4. The van der Waals surface area contributed by atoms with Gasteiger partial charge in [-0.15, -0.1) is 0 Å². The Labute approximate surface area is 98.5 Å². The van der Waals surface area contributed by atoms with Crippen LogP contribution in [0.2, 0.25) is 0 Å². The molecule has 0 aromatic heterocycles. The van der Waals surface area contributed by atoms with E-state index in [1.165, 1.54) is 13.0 Å². The van der Waals surface area contributed by atoms with Gasteiger partial charge < -0.3 is 10.4 Å². The molecule has 0 unspecified atom stereocenters. The molecule has 0 fully saturated rings. The zero-order valence-corrected chi connectivity index (χ0v) is 9.64. The van der Waals surface area contributed by atoms with Gasteiger partial charge in [0.05, 0.1) is 5.56 Å². The first kappa shape index (κ1) is 13.8. The van der Waals surface area contributed by atoms with Gasteiger partial charge in [0, 0.05) is 18.8 Å². The molecule has 0 aliphatic heterocycles. The van der Waals surface area contributed by atoms with Crippen LogP contribution in [-0.4, -0.2) is 18.3 Å². The summed E-state index contributed by atoms with van der Waals surface area (Å²) in [5.41, 5.74) is 0.0731. The van der Waals surface area contributed by atoms with Crippen molar-refractivity contribution in [3.8, 4) is 0 Å². The highest BCUT2D eigenvalue weighted by Gasteiger charge is 2.32. The molecule has 0 atom stereocenters. The number of anilines is 1. The van der Waals surface area contributed by atoms with Gasteiger partial charge in [0.2, 0.25) is 0 Å². The largest absolute Gasteiger partial charge is 0.416 e. The van der Waals surface area contributed by atoms with E-state index in [1.807, 2.05) is 0 Å². The molecular weight excluding hydrogens is 231 g/mol. The highest BCUT2D eigenvalue weighted by molar-refractivity contribution is 5.49. The van der Waals surface area contributed by atoms with Crippen LogP contribution in [0.3, 0.4) is 0 Å². The van der Waals surface area contributed by atoms with E-state index >= 15 is 0 Å². The lowest BCUT2D eigenvalue weighted by atomic mass is 10.1. The molecule has 0 aliphatic carbocycles. The number of halogens is 3. The van der Waals surface area contributed by atoms with E-state index < -0.39 is 11.7 Å². The smallest absolute Gasteiger partial charge is 0.396 e. The average Bonchev–Trinajstić information content (AvgIpc) is 2.25. The summed E-state index contributed by atoms with van der Waals surface area (Å²) in [7, 11) is 0. The minimum Gasteiger partial charge on any atom is -0.396 e. The maximum Gasteiger partial charge on any atom is 0.416 e. The Morgan fingerprint density at radius 2 is 1.94 bits per heavy atom. The normalized spacial score (nSPS) is 11.6. The van der Waals surface area contributed by atoms with Gasteiger partial charge in [0.1, 0.15) is 0 Å². The molecule has 5 heteroatoms. The van der Waals surface area contributed by atoms with Gasteiger partial charge in [0.15, 0.2) is 0 Å². The summed E-state index contributed by atoms with van der Waals surface area (Å²) in [6, 6.07) is 4.20. The molecule has 0 saturated heterocycles. The van der Waals surface area contributed by atoms with Crippen LogP contribution in [-0.2, 0) is 6.18 Å². The second-order valence-corrected chi connectivity index (χ2v) is 3.88. The van der Waals surface area contributed by atoms with Crippen molar-refractivity contribution in [2.75, 3.05) is 18.5 Å². The third-order valence-electron chi connectivity index (χ3n) is 2.46. The third-order valence-corrected chi connectivity index (χ3v) is 2.46. The summed E-state index contributed by atoms with van der Waals surface area (Å²) >= 11 is 0. The van der Waals surface area contributed by atoms with E-state index in [1.54, 1.807) is 6.07 Å². The molecule has 0 saturated carbocycles. The molecule has 0 aliphatic rings. The summed E-state index contributed by atoms with van der Waals surface area (Å²) in [6.07, 6.45) is -2.94. The summed E-state index contributed by atoms with van der Waals surface area (Å²) in [5, 5.41) is 11.5. The molecule has 0 bridgehead atoms. The Kier molecular flexibility index (Phi) is 4.81. The number of unbranched alkanes of at least 4 members (excludes halogenated alkanes) is 1. The Hall–Kier alpha value is -1.23. The monoisotopic (exact) mass is 247 g/mol. The molecule has 96 valence electrons. The number of aliphatic hydroxyl groups excluding tert-OH is 1. The van der Waals surface area contributed by atoms with Gasteiger partial charge in [-0.25, -0.2) is 0 Å². The van der Waals surface area contributed by atoms with E-state index in [0.29, 0.717) is 18.7 Å². The quantitative estimate of drug-likeness (QED) is 0.783. The molecule has 1 rings (SSSR count). The van der Waals surface area contributed by atoms with Gasteiger partial charge in [0.25, 0.3) is 0 Å². The number of aliphatic hydroxyl groups is 1. The van der Waals surface area contributed by atoms with Crippen molar-refractivity contribution in [1.29, 1.82) is 0 Å². The molecular formula is C12H16F3NO. The maximum atomic E-state index is 12.6. The van der Waals surface area contributed by atoms with Crippen LogP contribution in [0.4, 0.5) is 18.9 Å². The van der Waals surface area contributed by atoms with Crippen molar-refractivity contribution in [1.82, 2.24) is 0 Å². The fourth-order valence-electron chi connectivity index (χ4n) is 1.51. The topological polar surface area (TPSA) is 32.3 Å². The lowest BCUT2D eigenvalue weighted by Crippen LogP contribution is -2.09. The molecule has 0 radical (unpaired) electrons. The Morgan fingerprint density at radius 1 is 1.24 bits per heavy atom. The molecule has 17 heavy (non-hydrogen) atoms. The van der Waals surface area contributed by atoms with Gasteiger partial charge in [-0.3, -0.25) is 0 Å². The van der Waals surface area contributed by atoms with Crippen molar-refractivity contribution >= 4 is 5.69 Å². The first-order valence-electron chi connectivity index (χ1n) is 5.47. The van der Waals surface area contributed by atoms with Crippen LogP contribution in [0.1, 0.15) is 24.0 Å². The number of nitrogens with one attached hydrogen (secondary N) is 1. The summed E-state index contributed by atoms with van der Waals surface area (Å²) in [4.78, 5) is 0. The number of aryl methyl sites for hydroxylation is 1. The third kappa shape index (κ3) is 4.26. The van der Waals surface area contributed by atoms with Crippen molar-refractivity contribution in [3.05, 3.63) is 29.3 Å². The SMILES string of the molecule is Cc1ccc(NCCCCO)cc1C(F)(F)F. The predicted molar refractivity (Wildman–Crippen MR) is 61.0 cm³/mol. The van der Waals surface area contributed by atoms with E-state index in [2.05, 4.69) is 5.32 Å². The standard InChI is InChI=1S/C12H16F3NO/c1-9-4-5-10(16-6-2-3-7-17)8-11(9)12(13,14)15/h4-5,8,16-17H,2-3,6-7H2,1H3. The average molecular weight is 247 g/mol. The van der Waals surface area contributed by atoms with Crippen LogP contribution < -0.4 is 5.32 Å². The number of rotatable bonds is 5. The number of hydrogen-bond acceptors (Lipinski definition) is 2. The fraction of sp³-hybridized carbons (Fsp3) is 0.500. The number of hydrogen-bond donors (Lipinski definition) is 2. The zero-order valence-electron chi connectivity index (χ0n) is 9.64. The first-order valence-corrected chi connectivity index (χ1v) is 5.47. The number of benzene rings is 1. The lowest BCUT2D eigenvalue weighted by molar-refractivity contribution is -0.138. The predicted octanol–water partition coefficient (Wildman–Crippen LogP) is 3.20. The Morgan fingerprint density at radius 3 is 2.53 bits per heavy atom.